The number of carbonyl (C=O) groups excluding carboxylic acids is 1. The predicted molar refractivity (Wildman–Crippen MR) is 87.5 cm³/mol. The highest BCUT2D eigenvalue weighted by Gasteiger charge is 2.31. The van der Waals surface area contributed by atoms with Crippen molar-refractivity contribution in [3.63, 3.8) is 0 Å². The molecule has 0 aliphatic rings. The van der Waals surface area contributed by atoms with Crippen LogP contribution in [0.25, 0.3) is 0 Å². The number of benzene rings is 1. The molecule has 25 heavy (non-hydrogen) atoms. The van der Waals surface area contributed by atoms with Gasteiger partial charge in [-0.15, -0.1) is 0 Å². The van der Waals surface area contributed by atoms with Crippen molar-refractivity contribution < 1.29 is 32.3 Å². The lowest BCUT2D eigenvalue weighted by Crippen LogP contribution is -2.50. The first-order valence-corrected chi connectivity index (χ1v) is 7.62. The van der Waals surface area contributed by atoms with Crippen LogP contribution in [0.1, 0.15) is 12.0 Å². The van der Waals surface area contributed by atoms with E-state index in [-0.39, 0.29) is 17.1 Å². The van der Waals surface area contributed by atoms with E-state index in [1.165, 1.54) is 0 Å². The Morgan fingerprint density at radius 2 is 1.88 bits per heavy atom. The molecule has 1 aromatic carbocycles. The molecule has 0 aromatic heterocycles. The van der Waals surface area contributed by atoms with Gasteiger partial charge in [0.1, 0.15) is 0 Å². The average Bonchev–Trinajstić information content (AvgIpc) is 2.36. The smallest absolute Gasteiger partial charge is 0.416 e. The van der Waals surface area contributed by atoms with Crippen LogP contribution < -0.4 is 10.6 Å². The minimum Gasteiger partial charge on any atom is -0.481 e. The summed E-state index contributed by atoms with van der Waals surface area (Å²) in [5.41, 5.74) is -0.941. The van der Waals surface area contributed by atoms with Crippen LogP contribution in [0, 0.1) is 0 Å². The van der Waals surface area contributed by atoms with Gasteiger partial charge in [0.25, 0.3) is 0 Å². The number of carbonyl (C=O) groups is 2. The molecule has 10 heteroatoms. The molecule has 0 spiro atoms. The maximum Gasteiger partial charge on any atom is 0.416 e. The van der Waals surface area contributed by atoms with E-state index in [4.69, 9.17) is 16.7 Å². The third kappa shape index (κ3) is 7.61. The predicted octanol–water partition coefficient (Wildman–Crippen LogP) is 3.03. The molecule has 0 fully saturated rings. The second-order valence-corrected chi connectivity index (χ2v) is 6.97. The van der Waals surface area contributed by atoms with Gasteiger partial charge in [-0.05, 0) is 18.2 Å². The van der Waals surface area contributed by atoms with E-state index in [0.717, 1.165) is 12.1 Å². The van der Waals surface area contributed by atoms with Crippen molar-refractivity contribution in [3.8, 4) is 0 Å². The molecule has 1 atom stereocenters. The number of rotatable bonds is 6. The zero-order valence-corrected chi connectivity index (χ0v) is 14.7. The number of nitrogens with one attached hydrogen (secondary N) is 2. The largest absolute Gasteiger partial charge is 0.481 e. The third-order valence-corrected chi connectivity index (χ3v) is 3.38. The highest BCUT2D eigenvalue weighted by Crippen LogP contribution is 2.33. The third-order valence-electron chi connectivity index (χ3n) is 3.07. The van der Waals surface area contributed by atoms with E-state index in [9.17, 15) is 22.8 Å². The van der Waals surface area contributed by atoms with Crippen LogP contribution in [0.15, 0.2) is 18.2 Å². The molecule has 0 aliphatic carbocycles. The molecule has 6 nitrogen and oxygen atoms in total. The number of halogens is 4. The van der Waals surface area contributed by atoms with E-state index in [1.807, 2.05) is 21.1 Å². The first-order chi connectivity index (χ1) is 11.3. The maximum atomic E-state index is 12.6. The lowest BCUT2D eigenvalue weighted by atomic mass is 10.2. The molecular formula is C15H20ClF3N3O3+. The number of hydrogen-bond donors (Lipinski definition) is 3. The second kappa shape index (κ2) is 7.92. The fourth-order valence-corrected chi connectivity index (χ4v) is 2.40. The van der Waals surface area contributed by atoms with Gasteiger partial charge in [-0.3, -0.25) is 4.79 Å². The molecule has 1 aromatic rings. The summed E-state index contributed by atoms with van der Waals surface area (Å²) in [6, 6.07) is 1.13. The summed E-state index contributed by atoms with van der Waals surface area (Å²) in [6.45, 7) is 0.348. The molecule has 0 saturated heterocycles. The van der Waals surface area contributed by atoms with Gasteiger partial charge in [-0.1, -0.05) is 11.6 Å². The Morgan fingerprint density at radius 1 is 1.28 bits per heavy atom. The Morgan fingerprint density at radius 3 is 2.32 bits per heavy atom. The average molecular weight is 383 g/mol. The van der Waals surface area contributed by atoms with Crippen LogP contribution in [0.2, 0.25) is 5.02 Å². The van der Waals surface area contributed by atoms with Gasteiger partial charge >= 0.3 is 18.2 Å². The molecule has 0 unspecified atom stereocenters. The minimum atomic E-state index is -4.54. The van der Waals surface area contributed by atoms with Gasteiger partial charge in [-0.25, -0.2) is 4.79 Å². The summed E-state index contributed by atoms with van der Waals surface area (Å²) in [7, 11) is 5.50. The van der Waals surface area contributed by atoms with Gasteiger partial charge in [0.2, 0.25) is 0 Å². The zero-order chi connectivity index (χ0) is 19.4. The standard InChI is InChI=1S/C15H19ClF3N3O3/c1-22(2,3)8-10(7-13(23)24)20-14(25)21-12-5-4-9(6-11(12)16)15(17,18)19/h4-6,10H,7-8H2,1-3H3,(H2-,20,21,23,24,25)/p+1/t10-/m1/s1. The quantitative estimate of drug-likeness (QED) is 0.662. The summed E-state index contributed by atoms with van der Waals surface area (Å²) in [6.07, 6.45) is -4.83. The molecule has 0 bridgehead atoms. The number of amides is 2. The van der Waals surface area contributed by atoms with E-state index >= 15 is 0 Å². The van der Waals surface area contributed by atoms with Gasteiger partial charge in [0, 0.05) is 0 Å². The number of likely N-dealkylation sites (N-methyl/N-ethyl adjacent to an activating group) is 1. The topological polar surface area (TPSA) is 78.4 Å². The summed E-state index contributed by atoms with van der Waals surface area (Å²) in [5.74, 6) is -1.08. The number of quaternary nitrogens is 1. The highest BCUT2D eigenvalue weighted by molar-refractivity contribution is 6.33. The van der Waals surface area contributed by atoms with E-state index in [0.29, 0.717) is 17.1 Å². The summed E-state index contributed by atoms with van der Waals surface area (Å²) < 4.78 is 38.2. The molecule has 140 valence electrons. The fraction of sp³-hybridized carbons (Fsp3) is 0.467. The number of hydrogen-bond acceptors (Lipinski definition) is 2. The number of carboxylic acids is 1. The Labute approximate surface area is 148 Å². The number of alkyl halides is 3. The number of aliphatic carboxylic acids is 1. The molecule has 0 aliphatic heterocycles. The van der Waals surface area contributed by atoms with E-state index in [1.54, 1.807) is 0 Å². The van der Waals surface area contributed by atoms with Crippen LogP contribution in [0.3, 0.4) is 0 Å². The summed E-state index contributed by atoms with van der Waals surface area (Å²) in [5, 5.41) is 13.5. The van der Waals surface area contributed by atoms with Gasteiger partial charge in [0.15, 0.2) is 0 Å². The number of carboxylic acid groups (broad SMARTS) is 1. The van der Waals surface area contributed by atoms with Crippen LogP contribution >= 0.6 is 11.6 Å². The Kier molecular flexibility index (Phi) is 6.67. The van der Waals surface area contributed by atoms with Gasteiger partial charge in [0.05, 0.1) is 56.4 Å². The highest BCUT2D eigenvalue weighted by atomic mass is 35.5. The first-order valence-electron chi connectivity index (χ1n) is 7.24. The first kappa shape index (κ1) is 21.0. The van der Waals surface area contributed by atoms with Crippen molar-refractivity contribution in [2.24, 2.45) is 0 Å². The molecule has 2 amide bonds. The van der Waals surface area contributed by atoms with Crippen molar-refractivity contribution in [1.82, 2.24) is 5.32 Å². The van der Waals surface area contributed by atoms with Crippen molar-refractivity contribution in [3.05, 3.63) is 28.8 Å². The lowest BCUT2D eigenvalue weighted by molar-refractivity contribution is -0.871. The van der Waals surface area contributed by atoms with Crippen molar-refractivity contribution in [1.29, 1.82) is 0 Å². The van der Waals surface area contributed by atoms with Crippen molar-refractivity contribution in [2.75, 3.05) is 33.0 Å². The van der Waals surface area contributed by atoms with Crippen LogP contribution in [0.4, 0.5) is 23.7 Å². The van der Waals surface area contributed by atoms with Gasteiger partial charge < -0.3 is 20.2 Å². The van der Waals surface area contributed by atoms with Crippen LogP contribution in [-0.4, -0.2) is 55.3 Å². The number of urea groups is 1. The maximum absolute atomic E-state index is 12.6. The van der Waals surface area contributed by atoms with Crippen LogP contribution in [0.5, 0.6) is 0 Å². The summed E-state index contributed by atoms with van der Waals surface area (Å²) in [4.78, 5) is 22.9. The molecule has 3 N–H and O–H groups in total. The number of nitrogens with zero attached hydrogens (tertiary/aromatic N) is 1. The van der Waals surface area contributed by atoms with E-state index < -0.39 is 29.8 Å². The molecule has 1 rings (SSSR count). The van der Waals surface area contributed by atoms with Crippen molar-refractivity contribution >= 4 is 29.3 Å². The van der Waals surface area contributed by atoms with Crippen molar-refractivity contribution in [2.45, 2.75) is 18.6 Å². The molecule has 0 heterocycles. The Balaban J connectivity index is 2.81. The normalized spacial score (nSPS) is 13.2. The Hall–Kier alpha value is -2.00. The summed E-state index contributed by atoms with van der Waals surface area (Å²) >= 11 is 5.77. The van der Waals surface area contributed by atoms with Crippen LogP contribution in [-0.2, 0) is 11.0 Å². The minimum absolute atomic E-state index is 0.00788. The SMILES string of the molecule is C[N+](C)(C)C[C@@H](CC(=O)O)NC(=O)Nc1ccc(C(F)(F)F)cc1Cl. The zero-order valence-electron chi connectivity index (χ0n) is 13.9. The fourth-order valence-electron chi connectivity index (χ4n) is 2.17. The lowest BCUT2D eigenvalue weighted by Gasteiger charge is -2.29. The second-order valence-electron chi connectivity index (χ2n) is 6.56. The monoisotopic (exact) mass is 382 g/mol. The molecular weight excluding hydrogens is 363 g/mol. The Bertz CT molecular complexity index is 645. The van der Waals surface area contributed by atoms with Gasteiger partial charge in [-0.2, -0.15) is 13.2 Å². The van der Waals surface area contributed by atoms with E-state index in [2.05, 4.69) is 10.6 Å². The molecule has 0 saturated carbocycles. The molecule has 0 radical (unpaired) electrons. The number of anilines is 1.